The van der Waals surface area contributed by atoms with Gasteiger partial charge in [0.05, 0.1) is 25.8 Å². The van der Waals surface area contributed by atoms with E-state index in [4.69, 9.17) is 9.47 Å². The molecule has 8 nitrogen and oxygen atoms in total. The number of nitrogens with zero attached hydrogens (tertiary/aromatic N) is 3. The molecular weight excluding hydrogens is 444 g/mol. The average Bonchev–Trinajstić information content (AvgIpc) is 3.49. The zero-order chi connectivity index (χ0) is 24.2. The Morgan fingerprint density at radius 2 is 2.11 bits per heavy atom. The molecule has 2 aromatic rings. The van der Waals surface area contributed by atoms with Gasteiger partial charge in [0.2, 0.25) is 5.91 Å². The van der Waals surface area contributed by atoms with Crippen LogP contribution in [-0.4, -0.2) is 72.5 Å². The first-order valence-electron chi connectivity index (χ1n) is 12.7. The molecular formula is C27H34N4O4. The van der Waals surface area contributed by atoms with Crippen molar-refractivity contribution in [2.75, 3.05) is 39.9 Å². The molecule has 8 heteroatoms. The van der Waals surface area contributed by atoms with Gasteiger partial charge in [0.15, 0.2) is 11.5 Å². The van der Waals surface area contributed by atoms with Crippen LogP contribution in [0.2, 0.25) is 0 Å². The zero-order valence-electron chi connectivity index (χ0n) is 20.3. The van der Waals surface area contributed by atoms with Crippen molar-refractivity contribution in [3.63, 3.8) is 0 Å². The van der Waals surface area contributed by atoms with Crippen LogP contribution in [-0.2, 0) is 4.79 Å². The summed E-state index contributed by atoms with van der Waals surface area (Å²) < 4.78 is 11.7. The van der Waals surface area contributed by atoms with Gasteiger partial charge in [0.1, 0.15) is 0 Å². The molecule has 3 aliphatic rings. The number of ether oxygens (including phenoxy) is 2. The summed E-state index contributed by atoms with van der Waals surface area (Å²) in [5.41, 5.74) is 1.75. The molecule has 0 spiro atoms. The van der Waals surface area contributed by atoms with Crippen molar-refractivity contribution in [2.45, 2.75) is 44.2 Å². The molecule has 0 saturated carbocycles. The molecule has 2 fully saturated rings. The average molecular weight is 479 g/mol. The van der Waals surface area contributed by atoms with E-state index in [0.717, 1.165) is 43.7 Å². The molecule has 0 radical (unpaired) electrons. The Labute approximate surface area is 206 Å². The second-order valence-corrected chi connectivity index (χ2v) is 9.70. The van der Waals surface area contributed by atoms with Crippen molar-refractivity contribution >= 4 is 11.8 Å². The van der Waals surface area contributed by atoms with Crippen LogP contribution in [0.3, 0.4) is 0 Å². The normalized spacial score (nSPS) is 25.5. The van der Waals surface area contributed by atoms with E-state index in [2.05, 4.69) is 27.3 Å². The maximum atomic E-state index is 13.1. The summed E-state index contributed by atoms with van der Waals surface area (Å²) in [5, 5.41) is 3.15. The van der Waals surface area contributed by atoms with E-state index in [1.165, 1.54) is 12.0 Å². The lowest BCUT2D eigenvalue weighted by Gasteiger charge is -2.25. The summed E-state index contributed by atoms with van der Waals surface area (Å²) in [7, 11) is 1.67. The first-order chi connectivity index (χ1) is 17.1. The van der Waals surface area contributed by atoms with Gasteiger partial charge in [-0.3, -0.25) is 19.5 Å². The summed E-state index contributed by atoms with van der Waals surface area (Å²) in [6, 6.07) is 10.5. The van der Waals surface area contributed by atoms with Gasteiger partial charge in [-0.05, 0) is 74.4 Å². The highest BCUT2D eigenvalue weighted by Crippen LogP contribution is 2.46. The third kappa shape index (κ3) is 5.12. The Hall–Kier alpha value is -3.13. The molecule has 1 N–H and O–H groups in total. The van der Waals surface area contributed by atoms with E-state index in [1.807, 2.05) is 6.07 Å². The van der Waals surface area contributed by atoms with Crippen molar-refractivity contribution in [1.29, 1.82) is 0 Å². The first-order valence-corrected chi connectivity index (χ1v) is 12.7. The highest BCUT2D eigenvalue weighted by molar-refractivity contribution is 5.96. The number of hydrogen-bond donors (Lipinski definition) is 1. The highest BCUT2D eigenvalue weighted by atomic mass is 16.5. The molecule has 5 rings (SSSR count). The maximum Gasteiger partial charge on any atom is 0.255 e. The van der Waals surface area contributed by atoms with Crippen LogP contribution < -0.4 is 14.8 Å². The third-order valence-corrected chi connectivity index (χ3v) is 7.56. The number of pyridine rings is 1. The molecule has 3 aliphatic heterocycles. The van der Waals surface area contributed by atoms with Gasteiger partial charge in [-0.2, -0.15) is 0 Å². The van der Waals surface area contributed by atoms with Crippen LogP contribution in [0, 0.1) is 5.92 Å². The molecule has 1 aromatic carbocycles. The molecule has 0 aliphatic carbocycles. The number of hydrogen-bond acceptors (Lipinski definition) is 6. The molecule has 2 saturated heterocycles. The first kappa shape index (κ1) is 23.6. The highest BCUT2D eigenvalue weighted by Gasteiger charge is 2.44. The number of carbonyl (C=O) groups is 2. The van der Waals surface area contributed by atoms with Gasteiger partial charge < -0.3 is 19.7 Å². The van der Waals surface area contributed by atoms with E-state index in [9.17, 15) is 9.59 Å². The van der Waals surface area contributed by atoms with Crippen LogP contribution in [0.5, 0.6) is 11.5 Å². The lowest BCUT2D eigenvalue weighted by molar-refractivity contribution is -0.122. The van der Waals surface area contributed by atoms with Crippen molar-refractivity contribution < 1.29 is 19.1 Å². The Morgan fingerprint density at radius 3 is 2.94 bits per heavy atom. The number of amides is 2. The molecule has 0 unspecified atom stereocenters. The van der Waals surface area contributed by atoms with E-state index < -0.39 is 0 Å². The fourth-order valence-corrected chi connectivity index (χ4v) is 5.83. The fraction of sp³-hybridized carbons (Fsp3) is 0.519. The van der Waals surface area contributed by atoms with Gasteiger partial charge in [-0.1, -0.05) is 6.07 Å². The number of aromatic nitrogens is 1. The zero-order valence-corrected chi connectivity index (χ0v) is 20.3. The molecule has 3 atom stereocenters. The Balaban J connectivity index is 1.38. The fourth-order valence-electron chi connectivity index (χ4n) is 5.83. The smallest absolute Gasteiger partial charge is 0.255 e. The summed E-state index contributed by atoms with van der Waals surface area (Å²) >= 11 is 0. The Morgan fingerprint density at radius 1 is 1.20 bits per heavy atom. The summed E-state index contributed by atoms with van der Waals surface area (Å²) in [6.07, 6.45) is 8.00. The standard InChI is InChI=1S/C27H34N4O4/c1-34-24-9-8-19-15-25(24)35-13-3-2-11-30(27(33)20-6-4-10-28-16-20)18-26(32)29-17-21-14-23(19)31-12-5-7-22(21)31/h4,6,8-10,15-16,21-23H,2-3,5,7,11-14,17-18H2,1H3,(H,29,32)/t21-,22+,23-/m1/s1. The van der Waals surface area contributed by atoms with Crippen LogP contribution in [0.15, 0.2) is 42.7 Å². The largest absolute Gasteiger partial charge is 0.493 e. The second-order valence-electron chi connectivity index (χ2n) is 9.70. The molecule has 2 amide bonds. The van der Waals surface area contributed by atoms with Crippen molar-refractivity contribution in [3.05, 3.63) is 53.9 Å². The van der Waals surface area contributed by atoms with Crippen molar-refractivity contribution in [2.24, 2.45) is 5.92 Å². The minimum atomic E-state index is -0.174. The van der Waals surface area contributed by atoms with Crippen molar-refractivity contribution in [3.8, 4) is 11.5 Å². The Bertz CT molecular complexity index is 1050. The van der Waals surface area contributed by atoms with Crippen LogP contribution in [0.1, 0.15) is 54.1 Å². The van der Waals surface area contributed by atoms with E-state index in [1.54, 1.807) is 36.5 Å². The number of methoxy groups -OCH3 is 1. The maximum absolute atomic E-state index is 13.1. The topological polar surface area (TPSA) is 84.0 Å². The monoisotopic (exact) mass is 478 g/mol. The van der Waals surface area contributed by atoms with Gasteiger partial charge in [-0.25, -0.2) is 0 Å². The number of fused-ring (bicyclic) bond motifs is 8. The predicted octanol–water partition coefficient (Wildman–Crippen LogP) is 3.05. The SMILES string of the molecule is COc1ccc2cc1OCCCCN(C(=O)c1cccnc1)CC(=O)NC[C@H]1C[C@H]2N2CCC[C@@H]12. The molecule has 1 aromatic heterocycles. The van der Waals surface area contributed by atoms with Gasteiger partial charge in [0.25, 0.3) is 5.91 Å². The number of rotatable bonds is 2. The second kappa shape index (κ2) is 10.6. The van der Waals surface area contributed by atoms with Crippen molar-refractivity contribution in [1.82, 2.24) is 20.1 Å². The third-order valence-electron chi connectivity index (χ3n) is 7.56. The molecule has 4 bridgehead atoms. The van der Waals surface area contributed by atoms with Crippen LogP contribution in [0.4, 0.5) is 0 Å². The quantitative estimate of drug-likeness (QED) is 0.714. The molecule has 4 heterocycles. The summed E-state index contributed by atoms with van der Waals surface area (Å²) in [5.74, 6) is 1.61. The van der Waals surface area contributed by atoms with E-state index in [0.29, 0.717) is 43.3 Å². The minimum Gasteiger partial charge on any atom is -0.493 e. The van der Waals surface area contributed by atoms with E-state index >= 15 is 0 Å². The van der Waals surface area contributed by atoms with Crippen LogP contribution in [0.25, 0.3) is 0 Å². The summed E-state index contributed by atoms with van der Waals surface area (Å²) in [6.45, 7) is 2.75. The lowest BCUT2D eigenvalue weighted by Crippen LogP contribution is -2.43. The van der Waals surface area contributed by atoms with Gasteiger partial charge in [-0.15, -0.1) is 0 Å². The lowest BCUT2D eigenvalue weighted by atomic mass is 9.94. The molecule has 35 heavy (non-hydrogen) atoms. The summed E-state index contributed by atoms with van der Waals surface area (Å²) in [4.78, 5) is 34.3. The van der Waals surface area contributed by atoms with E-state index in [-0.39, 0.29) is 18.4 Å². The van der Waals surface area contributed by atoms with Gasteiger partial charge >= 0.3 is 0 Å². The van der Waals surface area contributed by atoms with Crippen LogP contribution >= 0.6 is 0 Å². The predicted molar refractivity (Wildman–Crippen MR) is 131 cm³/mol. The molecule has 186 valence electrons. The Kier molecular flexibility index (Phi) is 7.18. The number of carbonyl (C=O) groups excluding carboxylic acids is 2. The minimum absolute atomic E-state index is 0.0476. The number of nitrogens with one attached hydrogen (secondary N) is 1. The van der Waals surface area contributed by atoms with Gasteiger partial charge in [0, 0.05) is 37.6 Å². The number of benzene rings is 1.